The molecule has 1 atom stereocenters. The van der Waals surface area contributed by atoms with E-state index in [2.05, 4.69) is 0 Å². The van der Waals surface area contributed by atoms with Crippen LogP contribution in [0.15, 0.2) is 36.4 Å². The molecule has 0 saturated carbocycles. The summed E-state index contributed by atoms with van der Waals surface area (Å²) >= 11 is 1.46. The number of carbonyl (C=O) groups is 1. The highest BCUT2D eigenvalue weighted by atomic mass is 32.1. The molecule has 0 N–H and O–H groups in total. The van der Waals surface area contributed by atoms with Crippen LogP contribution in [-0.4, -0.2) is 51.0 Å². The zero-order valence-corrected chi connectivity index (χ0v) is 18.7. The number of methoxy groups -OCH3 is 2. The number of amides is 1. The van der Waals surface area contributed by atoms with Crippen molar-refractivity contribution in [3.63, 3.8) is 0 Å². The van der Waals surface area contributed by atoms with Crippen LogP contribution >= 0.6 is 11.3 Å². The minimum Gasteiger partial charge on any atom is -0.494 e. The number of ether oxygens (including phenoxy) is 4. The number of aromatic nitrogens is 1. The van der Waals surface area contributed by atoms with Gasteiger partial charge in [0, 0.05) is 6.61 Å². The summed E-state index contributed by atoms with van der Waals surface area (Å²) in [5, 5.41) is 0.619. The third kappa shape index (κ3) is 4.45. The monoisotopic (exact) mass is 442 g/mol. The molecule has 0 aliphatic carbocycles. The fourth-order valence-corrected chi connectivity index (χ4v) is 4.71. The van der Waals surface area contributed by atoms with Crippen LogP contribution in [0.4, 0.5) is 5.13 Å². The first-order valence-corrected chi connectivity index (χ1v) is 11.1. The summed E-state index contributed by atoms with van der Waals surface area (Å²) in [7, 11) is 3.09. The van der Waals surface area contributed by atoms with Crippen molar-refractivity contribution in [2.45, 2.75) is 25.9 Å². The third-order valence-corrected chi connectivity index (χ3v) is 6.22. The van der Waals surface area contributed by atoms with E-state index in [-0.39, 0.29) is 12.0 Å². The molecule has 1 aliphatic rings. The second kappa shape index (κ2) is 9.53. The Bertz CT molecular complexity index is 1060. The van der Waals surface area contributed by atoms with Gasteiger partial charge in [-0.05, 0) is 50.1 Å². The predicted molar refractivity (Wildman–Crippen MR) is 121 cm³/mol. The Hall–Kier alpha value is -2.84. The van der Waals surface area contributed by atoms with Gasteiger partial charge in [0.05, 0.1) is 49.3 Å². The topological polar surface area (TPSA) is 70.1 Å². The Kier molecular flexibility index (Phi) is 6.58. The maximum atomic E-state index is 13.7. The third-order valence-electron chi connectivity index (χ3n) is 5.18. The Balaban J connectivity index is 1.74. The number of fused-ring (bicyclic) bond motifs is 1. The Morgan fingerprint density at radius 2 is 2.13 bits per heavy atom. The van der Waals surface area contributed by atoms with Gasteiger partial charge in [0.1, 0.15) is 5.75 Å². The second-order valence-electron chi connectivity index (χ2n) is 7.15. The molecule has 2 aromatic carbocycles. The van der Waals surface area contributed by atoms with Gasteiger partial charge in [-0.3, -0.25) is 9.69 Å². The summed E-state index contributed by atoms with van der Waals surface area (Å²) in [6.07, 6.45) is 1.89. The van der Waals surface area contributed by atoms with E-state index in [9.17, 15) is 4.79 Å². The van der Waals surface area contributed by atoms with Crippen molar-refractivity contribution in [3.05, 3.63) is 42.0 Å². The molecule has 1 unspecified atom stereocenters. The van der Waals surface area contributed by atoms with Crippen LogP contribution < -0.4 is 19.1 Å². The van der Waals surface area contributed by atoms with Gasteiger partial charge < -0.3 is 18.9 Å². The summed E-state index contributed by atoms with van der Waals surface area (Å²) in [5.41, 5.74) is 1.25. The van der Waals surface area contributed by atoms with Crippen LogP contribution in [0.2, 0.25) is 0 Å². The maximum Gasteiger partial charge on any atom is 0.264 e. The SMILES string of the molecule is CCOc1ccc2nc(N(CC3CCCO3)C(=O)c3cccc(OC)c3OC)sc2c1. The highest BCUT2D eigenvalue weighted by Crippen LogP contribution is 2.36. The molecular formula is C23H26N2O5S. The molecule has 2 heterocycles. The quantitative estimate of drug-likeness (QED) is 0.510. The van der Waals surface area contributed by atoms with E-state index < -0.39 is 0 Å². The number of rotatable bonds is 8. The van der Waals surface area contributed by atoms with Gasteiger partial charge in [0.25, 0.3) is 5.91 Å². The molecule has 164 valence electrons. The van der Waals surface area contributed by atoms with E-state index in [1.807, 2.05) is 25.1 Å². The zero-order valence-electron chi connectivity index (χ0n) is 17.9. The van der Waals surface area contributed by atoms with Gasteiger partial charge in [-0.25, -0.2) is 4.98 Å². The first-order valence-electron chi connectivity index (χ1n) is 10.3. The molecular weight excluding hydrogens is 416 g/mol. The predicted octanol–water partition coefficient (Wildman–Crippen LogP) is 4.54. The van der Waals surface area contributed by atoms with Crippen LogP contribution in [0.3, 0.4) is 0 Å². The molecule has 1 amide bonds. The van der Waals surface area contributed by atoms with Crippen molar-refractivity contribution in [1.82, 2.24) is 4.98 Å². The summed E-state index contributed by atoms with van der Waals surface area (Å²) in [6.45, 7) is 3.69. The van der Waals surface area contributed by atoms with E-state index in [0.717, 1.165) is 28.8 Å². The Labute approximate surface area is 185 Å². The molecule has 0 radical (unpaired) electrons. The minimum atomic E-state index is -0.199. The van der Waals surface area contributed by atoms with E-state index in [4.69, 9.17) is 23.9 Å². The number of nitrogens with zero attached hydrogens (tertiary/aromatic N) is 2. The van der Waals surface area contributed by atoms with Gasteiger partial charge in [-0.15, -0.1) is 0 Å². The molecule has 7 nitrogen and oxygen atoms in total. The second-order valence-corrected chi connectivity index (χ2v) is 8.16. The highest BCUT2D eigenvalue weighted by molar-refractivity contribution is 7.22. The number of anilines is 1. The minimum absolute atomic E-state index is 0.0217. The van der Waals surface area contributed by atoms with Crippen molar-refractivity contribution in [1.29, 1.82) is 0 Å². The smallest absolute Gasteiger partial charge is 0.264 e. The van der Waals surface area contributed by atoms with Crippen LogP contribution in [-0.2, 0) is 4.74 Å². The average Bonchev–Trinajstić information content (AvgIpc) is 3.45. The number of hydrogen-bond acceptors (Lipinski definition) is 7. The maximum absolute atomic E-state index is 13.7. The standard InChI is InChI=1S/C23H26N2O5S/c1-4-29-15-10-11-18-20(13-15)31-23(24-18)25(14-16-7-6-12-30-16)22(26)17-8-5-9-19(27-2)21(17)28-3/h5,8-11,13,16H,4,6-7,12,14H2,1-3H3. The summed E-state index contributed by atoms with van der Waals surface area (Å²) in [4.78, 5) is 20.1. The van der Waals surface area contributed by atoms with E-state index in [1.165, 1.54) is 18.4 Å². The lowest BCUT2D eigenvalue weighted by Crippen LogP contribution is -2.37. The van der Waals surface area contributed by atoms with Gasteiger partial charge in [0.2, 0.25) is 0 Å². The van der Waals surface area contributed by atoms with Crippen molar-refractivity contribution >= 4 is 32.6 Å². The van der Waals surface area contributed by atoms with Crippen molar-refractivity contribution < 1.29 is 23.7 Å². The molecule has 1 fully saturated rings. The molecule has 0 bridgehead atoms. The summed E-state index contributed by atoms with van der Waals surface area (Å²) in [5.74, 6) is 1.51. The van der Waals surface area contributed by atoms with Gasteiger partial charge in [0.15, 0.2) is 16.6 Å². The van der Waals surface area contributed by atoms with E-state index in [0.29, 0.717) is 42.0 Å². The molecule has 1 saturated heterocycles. The molecule has 4 rings (SSSR count). The fraction of sp³-hybridized carbons (Fsp3) is 0.391. The van der Waals surface area contributed by atoms with Crippen LogP contribution in [0, 0.1) is 0 Å². The first kappa shape index (κ1) is 21.4. The Morgan fingerprint density at radius 1 is 1.26 bits per heavy atom. The van der Waals surface area contributed by atoms with Crippen molar-refractivity contribution in [3.8, 4) is 17.2 Å². The summed E-state index contributed by atoms with van der Waals surface area (Å²) < 4.78 is 23.3. The molecule has 8 heteroatoms. The van der Waals surface area contributed by atoms with E-state index in [1.54, 1.807) is 30.2 Å². The molecule has 31 heavy (non-hydrogen) atoms. The number of carbonyl (C=O) groups excluding carboxylic acids is 1. The lowest BCUT2D eigenvalue weighted by atomic mass is 10.1. The fourth-order valence-electron chi connectivity index (χ4n) is 3.71. The number of hydrogen-bond donors (Lipinski definition) is 0. The number of thiazole rings is 1. The van der Waals surface area contributed by atoms with Crippen molar-refractivity contribution in [2.24, 2.45) is 0 Å². The lowest BCUT2D eigenvalue weighted by Gasteiger charge is -2.24. The Morgan fingerprint density at radius 3 is 2.84 bits per heavy atom. The average molecular weight is 443 g/mol. The van der Waals surface area contributed by atoms with Gasteiger partial charge in [-0.2, -0.15) is 0 Å². The first-order chi connectivity index (χ1) is 15.1. The van der Waals surface area contributed by atoms with Gasteiger partial charge in [-0.1, -0.05) is 17.4 Å². The molecule has 1 aromatic heterocycles. The van der Waals surface area contributed by atoms with Crippen LogP contribution in [0.5, 0.6) is 17.2 Å². The van der Waals surface area contributed by atoms with E-state index >= 15 is 0 Å². The molecule has 3 aromatic rings. The van der Waals surface area contributed by atoms with Crippen molar-refractivity contribution in [2.75, 3.05) is 38.9 Å². The normalized spacial score (nSPS) is 15.8. The van der Waals surface area contributed by atoms with Gasteiger partial charge >= 0.3 is 0 Å². The zero-order chi connectivity index (χ0) is 21.8. The molecule has 0 spiro atoms. The highest BCUT2D eigenvalue weighted by Gasteiger charge is 2.29. The van der Waals surface area contributed by atoms with Crippen LogP contribution in [0.1, 0.15) is 30.1 Å². The summed E-state index contributed by atoms with van der Waals surface area (Å²) in [6, 6.07) is 11.1. The number of para-hydroxylation sites is 1. The number of benzene rings is 2. The largest absolute Gasteiger partial charge is 0.494 e. The lowest BCUT2D eigenvalue weighted by molar-refractivity contribution is 0.0914. The molecule has 1 aliphatic heterocycles. The van der Waals surface area contributed by atoms with Crippen LogP contribution in [0.25, 0.3) is 10.2 Å².